The fourth-order valence-corrected chi connectivity index (χ4v) is 1.27. The minimum Gasteiger partial charge on any atom is -0.261 e. The Kier molecular flexibility index (Phi) is 6.21. The van der Waals surface area contributed by atoms with Crippen LogP contribution in [0.3, 0.4) is 0 Å². The Labute approximate surface area is 82.2 Å². The first-order chi connectivity index (χ1) is 6.25. The van der Waals surface area contributed by atoms with Gasteiger partial charge in [0, 0.05) is 11.9 Å². The van der Waals surface area contributed by atoms with Crippen molar-refractivity contribution in [3.63, 3.8) is 0 Å². The fraction of sp³-hybridized carbons (Fsp3) is 0.583. The summed E-state index contributed by atoms with van der Waals surface area (Å²) in [5, 5.41) is 0. The predicted molar refractivity (Wildman–Crippen MR) is 59.1 cm³/mol. The normalized spacial score (nSPS) is 9.38. The summed E-state index contributed by atoms with van der Waals surface area (Å²) >= 11 is 0. The molecule has 1 aromatic heterocycles. The highest BCUT2D eigenvalue weighted by Crippen LogP contribution is 2.16. The summed E-state index contributed by atoms with van der Waals surface area (Å²) in [5.41, 5.74) is 2.62. The van der Waals surface area contributed by atoms with E-state index in [-0.39, 0.29) is 0 Å². The second kappa shape index (κ2) is 6.64. The third kappa shape index (κ3) is 3.58. The zero-order chi connectivity index (χ0) is 10.3. The Hall–Kier alpha value is -0.850. The van der Waals surface area contributed by atoms with E-state index in [4.69, 9.17) is 0 Å². The van der Waals surface area contributed by atoms with Crippen LogP contribution in [0.15, 0.2) is 18.3 Å². The van der Waals surface area contributed by atoms with Gasteiger partial charge in [-0.15, -0.1) is 0 Å². The van der Waals surface area contributed by atoms with Crippen molar-refractivity contribution < 1.29 is 0 Å². The first kappa shape index (κ1) is 12.2. The van der Waals surface area contributed by atoms with Crippen LogP contribution in [-0.2, 0) is 6.42 Å². The van der Waals surface area contributed by atoms with Gasteiger partial charge >= 0.3 is 0 Å². The lowest BCUT2D eigenvalue weighted by molar-refractivity contribution is 0.800. The summed E-state index contributed by atoms with van der Waals surface area (Å²) in [6, 6.07) is 4.16. The molecule has 0 radical (unpaired) electrons. The molecule has 0 aliphatic carbocycles. The zero-order valence-corrected chi connectivity index (χ0v) is 9.46. The molecule has 0 saturated heterocycles. The van der Waals surface area contributed by atoms with Crippen LogP contribution >= 0.6 is 0 Å². The van der Waals surface area contributed by atoms with Crippen LogP contribution in [0, 0.1) is 0 Å². The van der Waals surface area contributed by atoms with Crippen molar-refractivity contribution >= 4 is 0 Å². The molecule has 0 spiro atoms. The quantitative estimate of drug-likeness (QED) is 0.673. The number of hydrogen-bond acceptors (Lipinski definition) is 1. The van der Waals surface area contributed by atoms with E-state index < -0.39 is 0 Å². The maximum Gasteiger partial charge on any atom is 0.0460 e. The van der Waals surface area contributed by atoms with Gasteiger partial charge in [-0.1, -0.05) is 40.7 Å². The number of nitrogens with zero attached hydrogens (tertiary/aromatic N) is 1. The zero-order valence-electron chi connectivity index (χ0n) is 9.46. The van der Waals surface area contributed by atoms with Crippen molar-refractivity contribution in [3.05, 3.63) is 29.6 Å². The molecule has 0 saturated carbocycles. The second-order valence-corrected chi connectivity index (χ2v) is 3.06. The summed E-state index contributed by atoms with van der Waals surface area (Å²) in [5.74, 6) is 0.547. The van der Waals surface area contributed by atoms with Crippen LogP contribution in [0.5, 0.6) is 0 Å². The summed E-state index contributed by atoms with van der Waals surface area (Å²) in [6.45, 7) is 10.5. The van der Waals surface area contributed by atoms with Gasteiger partial charge in [0.25, 0.3) is 0 Å². The molecule has 13 heavy (non-hydrogen) atoms. The van der Waals surface area contributed by atoms with Crippen LogP contribution < -0.4 is 0 Å². The molecular formula is C12H21N. The molecule has 0 aliphatic rings. The Morgan fingerprint density at radius 3 is 2.31 bits per heavy atom. The summed E-state index contributed by atoms with van der Waals surface area (Å²) in [4.78, 5) is 4.35. The van der Waals surface area contributed by atoms with Crippen molar-refractivity contribution in [2.24, 2.45) is 0 Å². The van der Waals surface area contributed by atoms with Gasteiger partial charge in [0.15, 0.2) is 0 Å². The van der Waals surface area contributed by atoms with Crippen LogP contribution in [0.25, 0.3) is 0 Å². The molecule has 1 nitrogen and oxygen atoms in total. The monoisotopic (exact) mass is 179 g/mol. The standard InChI is InChI=1S/C10H15N.C2H6/c1-4-9-6-5-7-11-10(9)8(2)3;1-2/h5-8H,4H2,1-3H3;1-2H3. The van der Waals surface area contributed by atoms with Crippen molar-refractivity contribution in [1.29, 1.82) is 0 Å². The van der Waals surface area contributed by atoms with E-state index in [2.05, 4.69) is 31.8 Å². The molecule has 0 amide bonds. The largest absolute Gasteiger partial charge is 0.261 e. The highest BCUT2D eigenvalue weighted by Gasteiger charge is 2.04. The average molecular weight is 179 g/mol. The second-order valence-electron chi connectivity index (χ2n) is 3.06. The van der Waals surface area contributed by atoms with Gasteiger partial charge < -0.3 is 0 Å². The molecule has 1 heterocycles. The highest BCUT2D eigenvalue weighted by atomic mass is 14.7. The van der Waals surface area contributed by atoms with Crippen LogP contribution in [-0.4, -0.2) is 4.98 Å². The Morgan fingerprint density at radius 1 is 1.31 bits per heavy atom. The van der Waals surface area contributed by atoms with E-state index in [0.717, 1.165) is 6.42 Å². The lowest BCUT2D eigenvalue weighted by Crippen LogP contribution is -1.97. The Balaban J connectivity index is 0.000000671. The van der Waals surface area contributed by atoms with Crippen LogP contribution in [0.4, 0.5) is 0 Å². The number of aromatic nitrogens is 1. The maximum atomic E-state index is 4.35. The number of pyridine rings is 1. The molecule has 0 bridgehead atoms. The van der Waals surface area contributed by atoms with Gasteiger partial charge in [0.2, 0.25) is 0 Å². The van der Waals surface area contributed by atoms with Crippen molar-refractivity contribution in [2.75, 3.05) is 0 Å². The minimum atomic E-state index is 0.547. The third-order valence-corrected chi connectivity index (χ3v) is 1.85. The average Bonchev–Trinajstić information content (AvgIpc) is 2.20. The molecule has 0 N–H and O–H groups in total. The van der Waals surface area contributed by atoms with Gasteiger partial charge in [0.1, 0.15) is 0 Å². The molecular weight excluding hydrogens is 158 g/mol. The van der Waals surface area contributed by atoms with Gasteiger partial charge in [0.05, 0.1) is 0 Å². The predicted octanol–water partition coefficient (Wildman–Crippen LogP) is 3.79. The van der Waals surface area contributed by atoms with Gasteiger partial charge in [-0.05, 0) is 24.0 Å². The number of hydrogen-bond donors (Lipinski definition) is 0. The van der Waals surface area contributed by atoms with Crippen LogP contribution in [0.1, 0.15) is 51.8 Å². The van der Waals surface area contributed by atoms with Crippen molar-refractivity contribution in [1.82, 2.24) is 4.98 Å². The smallest absolute Gasteiger partial charge is 0.0460 e. The van der Waals surface area contributed by atoms with E-state index in [1.165, 1.54) is 11.3 Å². The number of aryl methyl sites for hydroxylation is 1. The first-order valence-corrected chi connectivity index (χ1v) is 5.19. The highest BCUT2D eigenvalue weighted by molar-refractivity contribution is 5.21. The molecule has 1 aromatic rings. The Bertz CT molecular complexity index is 228. The third-order valence-electron chi connectivity index (χ3n) is 1.85. The molecule has 1 heteroatoms. The Morgan fingerprint density at radius 2 is 1.92 bits per heavy atom. The van der Waals surface area contributed by atoms with E-state index in [0.29, 0.717) is 5.92 Å². The molecule has 1 rings (SSSR count). The minimum absolute atomic E-state index is 0.547. The molecule has 0 fully saturated rings. The summed E-state index contributed by atoms with van der Waals surface area (Å²) in [6.07, 6.45) is 2.95. The van der Waals surface area contributed by atoms with Gasteiger partial charge in [-0.25, -0.2) is 0 Å². The maximum absolute atomic E-state index is 4.35. The van der Waals surface area contributed by atoms with E-state index in [9.17, 15) is 0 Å². The van der Waals surface area contributed by atoms with E-state index in [1.54, 1.807) is 0 Å². The summed E-state index contributed by atoms with van der Waals surface area (Å²) < 4.78 is 0. The van der Waals surface area contributed by atoms with Crippen molar-refractivity contribution in [2.45, 2.75) is 47.0 Å². The first-order valence-electron chi connectivity index (χ1n) is 5.19. The lowest BCUT2D eigenvalue weighted by atomic mass is 10.0. The van der Waals surface area contributed by atoms with E-state index >= 15 is 0 Å². The SMILES string of the molecule is CC.CCc1cccnc1C(C)C. The lowest BCUT2D eigenvalue weighted by Gasteiger charge is -2.08. The molecule has 0 atom stereocenters. The molecule has 74 valence electrons. The number of rotatable bonds is 2. The topological polar surface area (TPSA) is 12.9 Å². The fourth-order valence-electron chi connectivity index (χ4n) is 1.27. The molecule has 0 aliphatic heterocycles. The summed E-state index contributed by atoms with van der Waals surface area (Å²) in [7, 11) is 0. The van der Waals surface area contributed by atoms with Crippen LogP contribution in [0.2, 0.25) is 0 Å². The van der Waals surface area contributed by atoms with Gasteiger partial charge in [-0.2, -0.15) is 0 Å². The van der Waals surface area contributed by atoms with E-state index in [1.807, 2.05) is 26.1 Å². The van der Waals surface area contributed by atoms with Gasteiger partial charge in [-0.3, -0.25) is 4.98 Å². The molecule has 0 aromatic carbocycles. The molecule has 0 unspecified atom stereocenters. The van der Waals surface area contributed by atoms with Crippen molar-refractivity contribution in [3.8, 4) is 0 Å².